The molecule has 1 amide bonds. The summed E-state index contributed by atoms with van der Waals surface area (Å²) < 4.78 is 45.4. The van der Waals surface area contributed by atoms with Crippen molar-refractivity contribution in [3.63, 3.8) is 0 Å². The molecule has 31 heavy (non-hydrogen) atoms. The molecule has 168 valence electrons. The lowest BCUT2D eigenvalue weighted by Gasteiger charge is -2.12. The highest BCUT2D eigenvalue weighted by molar-refractivity contribution is 14.0. The number of aliphatic imine (C=N–C) groups is 1. The third-order valence-electron chi connectivity index (χ3n) is 4.49. The first-order chi connectivity index (χ1) is 14.5. The number of guanidine groups is 1. The zero-order valence-electron chi connectivity index (χ0n) is 16.9. The van der Waals surface area contributed by atoms with Crippen LogP contribution in [-0.2, 0) is 17.6 Å². The Hall–Kier alpha value is -2.50. The fourth-order valence-corrected chi connectivity index (χ4v) is 3.03. The molecule has 0 bridgehead atoms. The number of nitrogens with one attached hydrogen (secondary N) is 3. The summed E-state index contributed by atoms with van der Waals surface area (Å²) in [7, 11) is 0. The summed E-state index contributed by atoms with van der Waals surface area (Å²) in [5.74, 6) is -3.71. The number of ether oxygens (including phenoxy) is 1. The number of halogens is 4. The summed E-state index contributed by atoms with van der Waals surface area (Å²) in [6.07, 6.45) is 1.66. The number of hydrogen-bond donors (Lipinski definition) is 3. The van der Waals surface area contributed by atoms with Crippen molar-refractivity contribution >= 4 is 41.5 Å². The Morgan fingerprint density at radius 2 is 1.94 bits per heavy atom. The van der Waals surface area contributed by atoms with E-state index in [2.05, 4.69) is 27.0 Å². The van der Waals surface area contributed by atoms with E-state index < -0.39 is 29.0 Å². The number of carbonyl (C=O) groups excluding carboxylic acids is 1. The van der Waals surface area contributed by atoms with Crippen LogP contribution in [0.5, 0.6) is 5.75 Å². The first-order valence-corrected chi connectivity index (χ1v) is 9.68. The van der Waals surface area contributed by atoms with Crippen molar-refractivity contribution < 1.29 is 22.7 Å². The van der Waals surface area contributed by atoms with Gasteiger partial charge >= 0.3 is 0 Å². The standard InChI is InChI=1S/C21H23F3N4O2.HI/c1-2-25-21(26-9-7-13-3-6-17-14(11-13)8-10-30-17)27-12-18(29)28-16-5-4-15(22)19(23)20(16)24;/h3-6,11H,2,7-10,12H2,1H3,(H,28,29)(H2,25,26,27);1H. The van der Waals surface area contributed by atoms with Crippen LogP contribution in [0.4, 0.5) is 18.9 Å². The van der Waals surface area contributed by atoms with Gasteiger partial charge in [0.1, 0.15) is 12.3 Å². The van der Waals surface area contributed by atoms with E-state index in [1.54, 1.807) is 0 Å². The molecule has 1 aliphatic rings. The van der Waals surface area contributed by atoms with E-state index in [0.717, 1.165) is 36.3 Å². The fourth-order valence-electron chi connectivity index (χ4n) is 3.03. The molecule has 2 aromatic carbocycles. The number of amides is 1. The summed E-state index contributed by atoms with van der Waals surface area (Å²) in [6, 6.07) is 7.81. The van der Waals surface area contributed by atoms with Gasteiger partial charge in [-0.05, 0) is 42.7 Å². The van der Waals surface area contributed by atoms with E-state index in [1.807, 2.05) is 19.1 Å². The molecule has 1 heterocycles. The molecule has 3 rings (SSSR count). The molecule has 0 atom stereocenters. The van der Waals surface area contributed by atoms with Crippen LogP contribution in [0.25, 0.3) is 0 Å². The van der Waals surface area contributed by atoms with Crippen molar-refractivity contribution in [3.05, 3.63) is 58.9 Å². The van der Waals surface area contributed by atoms with Gasteiger partial charge < -0.3 is 20.7 Å². The van der Waals surface area contributed by atoms with Gasteiger partial charge in [-0.1, -0.05) is 12.1 Å². The molecular weight excluding hydrogens is 524 g/mol. The Morgan fingerprint density at radius 1 is 1.13 bits per heavy atom. The van der Waals surface area contributed by atoms with Crippen LogP contribution in [-0.4, -0.2) is 38.1 Å². The third kappa shape index (κ3) is 6.74. The van der Waals surface area contributed by atoms with Crippen molar-refractivity contribution in [2.24, 2.45) is 4.99 Å². The highest BCUT2D eigenvalue weighted by Crippen LogP contribution is 2.25. The van der Waals surface area contributed by atoms with Gasteiger partial charge in [-0.25, -0.2) is 18.2 Å². The number of nitrogens with zero attached hydrogens (tertiary/aromatic N) is 1. The number of benzene rings is 2. The van der Waals surface area contributed by atoms with Crippen LogP contribution in [0.2, 0.25) is 0 Å². The highest BCUT2D eigenvalue weighted by Gasteiger charge is 2.15. The van der Waals surface area contributed by atoms with Crippen LogP contribution in [0, 0.1) is 17.5 Å². The Labute approximate surface area is 195 Å². The summed E-state index contributed by atoms with van der Waals surface area (Å²) in [5, 5.41) is 8.33. The van der Waals surface area contributed by atoms with Crippen LogP contribution >= 0.6 is 24.0 Å². The number of carbonyl (C=O) groups is 1. The van der Waals surface area contributed by atoms with Crippen LogP contribution in [0.3, 0.4) is 0 Å². The van der Waals surface area contributed by atoms with E-state index in [4.69, 9.17) is 4.74 Å². The molecule has 3 N–H and O–H groups in total. The second-order valence-electron chi connectivity index (χ2n) is 6.68. The molecule has 1 aliphatic heterocycles. The van der Waals surface area contributed by atoms with Gasteiger partial charge in [0.25, 0.3) is 0 Å². The Bertz CT molecular complexity index is 956. The average Bonchev–Trinajstić information content (AvgIpc) is 3.20. The topological polar surface area (TPSA) is 74.8 Å². The molecule has 2 aromatic rings. The highest BCUT2D eigenvalue weighted by atomic mass is 127. The van der Waals surface area contributed by atoms with Crippen molar-refractivity contribution in [2.75, 3.05) is 31.6 Å². The predicted octanol–water partition coefficient (Wildman–Crippen LogP) is 3.39. The van der Waals surface area contributed by atoms with Gasteiger partial charge in [-0.3, -0.25) is 4.79 Å². The number of anilines is 1. The van der Waals surface area contributed by atoms with Crippen molar-refractivity contribution in [1.29, 1.82) is 0 Å². The molecule has 0 aliphatic carbocycles. The van der Waals surface area contributed by atoms with Crippen molar-refractivity contribution in [3.8, 4) is 5.75 Å². The first kappa shape index (κ1) is 24.8. The summed E-state index contributed by atoms with van der Waals surface area (Å²) in [6.45, 7) is 3.45. The molecule has 6 nitrogen and oxygen atoms in total. The maximum absolute atomic E-state index is 13.7. The lowest BCUT2D eigenvalue weighted by Crippen LogP contribution is -2.39. The van der Waals surface area contributed by atoms with Gasteiger partial charge in [0.2, 0.25) is 5.91 Å². The SMILES string of the molecule is CCNC(=NCC(=O)Nc1ccc(F)c(F)c1F)NCCc1ccc2c(c1)CCO2.I. The quantitative estimate of drug-likeness (QED) is 0.215. The normalized spacial score (nSPS) is 12.5. The van der Waals surface area contributed by atoms with E-state index >= 15 is 0 Å². The second-order valence-corrected chi connectivity index (χ2v) is 6.68. The van der Waals surface area contributed by atoms with Gasteiger partial charge in [-0.15, -0.1) is 24.0 Å². The second kappa shape index (κ2) is 11.8. The first-order valence-electron chi connectivity index (χ1n) is 9.68. The van der Waals surface area contributed by atoms with Crippen LogP contribution < -0.4 is 20.7 Å². The predicted molar refractivity (Wildman–Crippen MR) is 124 cm³/mol. The Balaban J connectivity index is 0.00000341. The molecular formula is C21H24F3IN4O2. The lowest BCUT2D eigenvalue weighted by atomic mass is 10.1. The molecule has 0 unspecified atom stereocenters. The minimum absolute atomic E-state index is 0. The maximum Gasteiger partial charge on any atom is 0.246 e. The molecule has 0 spiro atoms. The van der Waals surface area contributed by atoms with E-state index in [0.29, 0.717) is 25.7 Å². The zero-order chi connectivity index (χ0) is 21.5. The van der Waals surface area contributed by atoms with E-state index in [1.165, 1.54) is 5.56 Å². The molecule has 0 aromatic heterocycles. The third-order valence-corrected chi connectivity index (χ3v) is 4.49. The molecule has 0 saturated carbocycles. The van der Waals surface area contributed by atoms with Crippen molar-refractivity contribution in [1.82, 2.24) is 10.6 Å². The summed E-state index contributed by atoms with van der Waals surface area (Å²) >= 11 is 0. The largest absolute Gasteiger partial charge is 0.493 e. The minimum Gasteiger partial charge on any atom is -0.493 e. The average molecular weight is 548 g/mol. The van der Waals surface area contributed by atoms with Gasteiger partial charge in [-0.2, -0.15) is 0 Å². The fraction of sp³-hybridized carbons (Fsp3) is 0.333. The summed E-state index contributed by atoms with van der Waals surface area (Å²) in [4.78, 5) is 16.1. The smallest absolute Gasteiger partial charge is 0.246 e. The molecule has 0 saturated heterocycles. The van der Waals surface area contributed by atoms with Gasteiger partial charge in [0.05, 0.1) is 12.3 Å². The molecule has 0 radical (unpaired) electrons. The van der Waals surface area contributed by atoms with Gasteiger partial charge in [0, 0.05) is 19.5 Å². The molecule has 10 heteroatoms. The Morgan fingerprint density at radius 3 is 2.71 bits per heavy atom. The number of fused-ring (bicyclic) bond motifs is 1. The van der Waals surface area contributed by atoms with Gasteiger partial charge in [0.15, 0.2) is 23.4 Å². The number of hydrogen-bond acceptors (Lipinski definition) is 3. The zero-order valence-corrected chi connectivity index (χ0v) is 19.3. The monoisotopic (exact) mass is 548 g/mol. The van der Waals surface area contributed by atoms with Crippen molar-refractivity contribution in [2.45, 2.75) is 19.8 Å². The lowest BCUT2D eigenvalue weighted by molar-refractivity contribution is -0.114. The number of rotatable bonds is 7. The minimum atomic E-state index is -1.63. The molecule has 0 fully saturated rings. The maximum atomic E-state index is 13.7. The Kier molecular flexibility index (Phi) is 9.41. The van der Waals surface area contributed by atoms with E-state index in [9.17, 15) is 18.0 Å². The van der Waals surface area contributed by atoms with E-state index in [-0.39, 0.29) is 30.5 Å². The summed E-state index contributed by atoms with van der Waals surface area (Å²) in [5.41, 5.74) is 1.93. The van der Waals surface area contributed by atoms with Crippen LogP contribution in [0.1, 0.15) is 18.1 Å². The van der Waals surface area contributed by atoms with Crippen LogP contribution in [0.15, 0.2) is 35.3 Å².